The average molecular weight is 315 g/mol. The van der Waals surface area contributed by atoms with Gasteiger partial charge in [0.05, 0.1) is 5.56 Å². The molecule has 2 unspecified atom stereocenters. The van der Waals surface area contributed by atoms with Gasteiger partial charge in [0.1, 0.15) is 10.7 Å². The molecule has 1 aromatic rings. The van der Waals surface area contributed by atoms with E-state index in [1.165, 1.54) is 4.31 Å². The number of carbonyl (C=O) groups is 1. The molecule has 2 atom stereocenters. The van der Waals surface area contributed by atoms with Crippen LogP contribution in [0.5, 0.6) is 0 Å². The number of nitrogens with zero attached hydrogens (tertiary/aromatic N) is 1. The number of sulfonamides is 1. The standard InChI is InChI=1S/C14H18FNO4S/c1-9-4-3-7-16(10(9)2)21(19,20)13-8-11(14(17)18)5-6-12(13)15/h5-6,8-10H,3-4,7H2,1-2H3,(H,17,18). The minimum atomic E-state index is -4.04. The van der Waals surface area contributed by atoms with E-state index < -0.39 is 26.7 Å². The molecule has 1 N–H and O–H groups in total. The number of rotatable bonds is 3. The third-order valence-corrected chi connectivity index (χ3v) is 6.08. The highest BCUT2D eigenvalue weighted by molar-refractivity contribution is 7.89. The van der Waals surface area contributed by atoms with Crippen molar-refractivity contribution in [3.05, 3.63) is 29.6 Å². The third kappa shape index (κ3) is 2.94. The first-order valence-corrected chi connectivity index (χ1v) is 8.24. The lowest BCUT2D eigenvalue weighted by molar-refractivity contribution is 0.0696. The first-order valence-electron chi connectivity index (χ1n) is 6.80. The molecule has 0 aliphatic carbocycles. The van der Waals surface area contributed by atoms with Crippen LogP contribution in [0.3, 0.4) is 0 Å². The highest BCUT2D eigenvalue weighted by atomic mass is 32.2. The van der Waals surface area contributed by atoms with Gasteiger partial charge in [0.2, 0.25) is 10.0 Å². The van der Waals surface area contributed by atoms with Crippen LogP contribution in [-0.4, -0.2) is 36.4 Å². The van der Waals surface area contributed by atoms with Crippen molar-refractivity contribution in [2.45, 2.75) is 37.6 Å². The van der Waals surface area contributed by atoms with Crippen molar-refractivity contribution < 1.29 is 22.7 Å². The topological polar surface area (TPSA) is 74.7 Å². The number of halogens is 1. The van der Waals surface area contributed by atoms with Crippen LogP contribution in [0.25, 0.3) is 0 Å². The predicted molar refractivity (Wildman–Crippen MR) is 75.1 cm³/mol. The Hall–Kier alpha value is -1.47. The van der Waals surface area contributed by atoms with Gasteiger partial charge in [-0.1, -0.05) is 6.92 Å². The van der Waals surface area contributed by atoms with E-state index in [-0.39, 0.29) is 17.5 Å². The Balaban J connectivity index is 2.48. The normalized spacial score (nSPS) is 24.0. The van der Waals surface area contributed by atoms with Gasteiger partial charge in [-0.3, -0.25) is 0 Å². The molecule has 1 aliphatic heterocycles. The van der Waals surface area contributed by atoms with Crippen LogP contribution < -0.4 is 0 Å². The van der Waals surface area contributed by atoms with E-state index in [0.29, 0.717) is 13.0 Å². The molecular formula is C14H18FNO4S. The molecule has 116 valence electrons. The van der Waals surface area contributed by atoms with Gasteiger partial charge in [-0.2, -0.15) is 4.31 Å². The van der Waals surface area contributed by atoms with Crippen LogP contribution in [0.1, 0.15) is 37.0 Å². The number of hydrogen-bond acceptors (Lipinski definition) is 3. The molecule has 1 heterocycles. The number of carboxylic acid groups (broad SMARTS) is 1. The van der Waals surface area contributed by atoms with Gasteiger partial charge >= 0.3 is 5.97 Å². The summed E-state index contributed by atoms with van der Waals surface area (Å²) in [4.78, 5) is 10.4. The van der Waals surface area contributed by atoms with Crippen LogP contribution in [0.2, 0.25) is 0 Å². The van der Waals surface area contributed by atoms with E-state index in [0.717, 1.165) is 24.6 Å². The van der Waals surface area contributed by atoms with Gasteiger partial charge in [0.25, 0.3) is 0 Å². The number of aromatic carboxylic acids is 1. The summed E-state index contributed by atoms with van der Waals surface area (Å²) in [6, 6.07) is 2.59. The van der Waals surface area contributed by atoms with Crippen molar-refractivity contribution >= 4 is 16.0 Å². The van der Waals surface area contributed by atoms with Crippen LogP contribution in [-0.2, 0) is 10.0 Å². The zero-order chi connectivity index (χ0) is 15.8. The second-order valence-electron chi connectivity index (χ2n) is 5.43. The highest BCUT2D eigenvalue weighted by Crippen LogP contribution is 2.30. The summed E-state index contributed by atoms with van der Waals surface area (Å²) in [5.41, 5.74) is -0.243. The Morgan fingerprint density at radius 2 is 2.05 bits per heavy atom. The second kappa shape index (κ2) is 5.73. The average Bonchev–Trinajstić information content (AvgIpc) is 2.41. The summed E-state index contributed by atoms with van der Waals surface area (Å²) >= 11 is 0. The van der Waals surface area contributed by atoms with E-state index in [1.54, 1.807) is 6.92 Å². The SMILES string of the molecule is CC1CCCN(S(=O)(=O)c2cc(C(=O)O)ccc2F)C1C. The van der Waals surface area contributed by atoms with Crippen molar-refractivity contribution in [1.82, 2.24) is 4.31 Å². The molecule has 1 fully saturated rings. The van der Waals surface area contributed by atoms with Gasteiger partial charge in [0.15, 0.2) is 0 Å². The van der Waals surface area contributed by atoms with E-state index in [2.05, 4.69) is 0 Å². The Bertz CT molecular complexity index is 659. The summed E-state index contributed by atoms with van der Waals surface area (Å²) in [7, 11) is -4.04. The lowest BCUT2D eigenvalue weighted by Gasteiger charge is -2.36. The van der Waals surface area contributed by atoms with Crippen molar-refractivity contribution in [3.63, 3.8) is 0 Å². The number of piperidine rings is 1. The largest absolute Gasteiger partial charge is 0.478 e. The molecule has 5 nitrogen and oxygen atoms in total. The molecular weight excluding hydrogens is 297 g/mol. The maximum atomic E-state index is 13.9. The van der Waals surface area contributed by atoms with Crippen molar-refractivity contribution in [2.24, 2.45) is 5.92 Å². The van der Waals surface area contributed by atoms with E-state index in [9.17, 15) is 17.6 Å². The zero-order valence-corrected chi connectivity index (χ0v) is 12.7. The molecule has 1 saturated heterocycles. The third-order valence-electron chi connectivity index (χ3n) is 4.08. The summed E-state index contributed by atoms with van der Waals surface area (Å²) in [5, 5.41) is 8.94. The first-order chi connectivity index (χ1) is 9.75. The van der Waals surface area contributed by atoms with E-state index in [1.807, 2.05) is 6.92 Å². The maximum absolute atomic E-state index is 13.9. The smallest absolute Gasteiger partial charge is 0.335 e. The fraction of sp³-hybridized carbons (Fsp3) is 0.500. The summed E-state index contributed by atoms with van der Waals surface area (Å²) < 4.78 is 40.4. The quantitative estimate of drug-likeness (QED) is 0.929. The number of carboxylic acids is 1. The van der Waals surface area contributed by atoms with Crippen molar-refractivity contribution in [2.75, 3.05) is 6.54 Å². The molecule has 0 spiro atoms. The molecule has 1 aliphatic rings. The minimum absolute atomic E-state index is 0.180. The molecule has 0 bridgehead atoms. The van der Waals surface area contributed by atoms with Gasteiger partial charge < -0.3 is 5.11 Å². The molecule has 7 heteroatoms. The Morgan fingerprint density at radius 3 is 2.67 bits per heavy atom. The second-order valence-corrected chi connectivity index (χ2v) is 7.29. The van der Waals surface area contributed by atoms with Gasteiger partial charge in [0, 0.05) is 12.6 Å². The summed E-state index contributed by atoms with van der Waals surface area (Å²) in [6.45, 7) is 4.07. The highest BCUT2D eigenvalue weighted by Gasteiger charge is 2.36. The fourth-order valence-electron chi connectivity index (χ4n) is 2.60. The monoisotopic (exact) mass is 315 g/mol. The Morgan fingerprint density at radius 1 is 1.38 bits per heavy atom. The number of benzene rings is 1. The molecule has 21 heavy (non-hydrogen) atoms. The fourth-order valence-corrected chi connectivity index (χ4v) is 4.46. The summed E-state index contributed by atoms with van der Waals surface area (Å²) in [5.74, 6) is -2.03. The van der Waals surface area contributed by atoms with Gasteiger partial charge in [-0.25, -0.2) is 17.6 Å². The predicted octanol–water partition coefficient (Wildman–Crippen LogP) is 2.33. The van der Waals surface area contributed by atoms with Crippen molar-refractivity contribution in [1.29, 1.82) is 0 Å². The van der Waals surface area contributed by atoms with E-state index in [4.69, 9.17) is 5.11 Å². The lowest BCUT2D eigenvalue weighted by atomic mass is 9.94. The summed E-state index contributed by atoms with van der Waals surface area (Å²) in [6.07, 6.45) is 1.63. The maximum Gasteiger partial charge on any atom is 0.335 e. The zero-order valence-electron chi connectivity index (χ0n) is 11.9. The molecule has 2 rings (SSSR count). The molecule has 1 aromatic carbocycles. The molecule has 0 aromatic heterocycles. The minimum Gasteiger partial charge on any atom is -0.478 e. The molecule has 0 amide bonds. The van der Waals surface area contributed by atoms with E-state index >= 15 is 0 Å². The lowest BCUT2D eigenvalue weighted by Crippen LogP contribution is -2.46. The van der Waals surface area contributed by atoms with Crippen LogP contribution in [0, 0.1) is 11.7 Å². The first kappa shape index (κ1) is 15.9. The molecule has 0 radical (unpaired) electrons. The van der Waals surface area contributed by atoms with Gasteiger partial charge in [-0.15, -0.1) is 0 Å². The molecule has 0 saturated carbocycles. The van der Waals surface area contributed by atoms with Crippen LogP contribution >= 0.6 is 0 Å². The Kier molecular flexibility index (Phi) is 4.34. The van der Waals surface area contributed by atoms with Crippen molar-refractivity contribution in [3.8, 4) is 0 Å². The Labute approximate surface area is 123 Å². The van der Waals surface area contributed by atoms with Gasteiger partial charge in [-0.05, 0) is 43.9 Å². The van der Waals surface area contributed by atoms with Crippen LogP contribution in [0.4, 0.5) is 4.39 Å². The van der Waals surface area contributed by atoms with Crippen LogP contribution in [0.15, 0.2) is 23.1 Å². The number of hydrogen-bond donors (Lipinski definition) is 1.